The molecule has 0 bridgehead atoms. The second kappa shape index (κ2) is 6.36. The van der Waals surface area contributed by atoms with Crippen molar-refractivity contribution < 1.29 is 9.90 Å². The predicted molar refractivity (Wildman–Crippen MR) is 76.2 cm³/mol. The molecule has 0 aliphatic heterocycles. The monoisotopic (exact) mass is 267 g/mol. The minimum Gasteiger partial charge on any atom is -0.506 e. The number of rotatable bonds is 2. The minimum atomic E-state index is -0.339. The molecule has 0 unspecified atom stereocenters. The molecule has 1 amide bonds. The number of hydrogen-bond donors (Lipinski definition) is 3. The predicted octanol–water partition coefficient (Wildman–Crippen LogP) is 1.35. The summed E-state index contributed by atoms with van der Waals surface area (Å²) in [5, 5.41) is 12.0. The van der Waals surface area contributed by atoms with Gasteiger partial charge in [-0.25, -0.2) is 0 Å². The number of hydrogen-bond acceptors (Lipinski definition) is 4. The Kier molecular flexibility index (Phi) is 4.32. The van der Waals surface area contributed by atoms with E-state index in [9.17, 15) is 9.90 Å². The molecule has 1 aromatic heterocycles. The van der Waals surface area contributed by atoms with Crippen molar-refractivity contribution >= 4 is 11.6 Å². The lowest BCUT2D eigenvalue weighted by Crippen LogP contribution is -2.11. The van der Waals surface area contributed by atoms with Gasteiger partial charge in [0, 0.05) is 17.4 Å². The maximum Gasteiger partial charge on any atom is 0.257 e. The Morgan fingerprint density at radius 2 is 2.05 bits per heavy atom. The van der Waals surface area contributed by atoms with Crippen molar-refractivity contribution in [1.29, 1.82) is 0 Å². The minimum absolute atomic E-state index is 0.0509. The molecule has 0 atom stereocenters. The Balaban J connectivity index is 2.08. The van der Waals surface area contributed by atoms with Crippen molar-refractivity contribution in [2.24, 2.45) is 5.73 Å². The Morgan fingerprint density at radius 3 is 2.70 bits per heavy atom. The summed E-state index contributed by atoms with van der Waals surface area (Å²) in [6.45, 7) is 0.309. The maximum absolute atomic E-state index is 11.9. The smallest absolute Gasteiger partial charge is 0.257 e. The number of aromatic nitrogens is 1. The molecule has 5 heteroatoms. The molecule has 0 spiro atoms. The highest BCUT2D eigenvalue weighted by Gasteiger charge is 2.07. The van der Waals surface area contributed by atoms with Crippen LogP contribution in [0.2, 0.25) is 0 Å². The summed E-state index contributed by atoms with van der Waals surface area (Å²) in [5.41, 5.74) is 7.04. The van der Waals surface area contributed by atoms with Crippen LogP contribution in [0.15, 0.2) is 42.7 Å². The van der Waals surface area contributed by atoms with Gasteiger partial charge in [0.05, 0.1) is 18.3 Å². The van der Waals surface area contributed by atoms with Crippen molar-refractivity contribution in [3.05, 3.63) is 53.9 Å². The van der Waals surface area contributed by atoms with Gasteiger partial charge in [0.15, 0.2) is 0 Å². The summed E-state index contributed by atoms with van der Waals surface area (Å²) in [6, 6.07) is 8.42. The molecule has 1 heterocycles. The molecule has 20 heavy (non-hydrogen) atoms. The van der Waals surface area contributed by atoms with E-state index in [4.69, 9.17) is 5.73 Å². The number of nitrogens with zero attached hydrogens (tertiary/aromatic N) is 1. The van der Waals surface area contributed by atoms with E-state index in [-0.39, 0.29) is 17.2 Å². The first-order chi connectivity index (χ1) is 9.69. The lowest BCUT2D eigenvalue weighted by molar-refractivity contribution is 0.102. The van der Waals surface area contributed by atoms with E-state index in [0.717, 1.165) is 5.56 Å². The van der Waals surface area contributed by atoms with Crippen LogP contribution < -0.4 is 11.1 Å². The first-order valence-corrected chi connectivity index (χ1v) is 5.93. The molecule has 4 N–H and O–H groups in total. The van der Waals surface area contributed by atoms with Crippen molar-refractivity contribution in [3.8, 4) is 17.6 Å². The highest BCUT2D eigenvalue weighted by molar-refractivity contribution is 6.04. The van der Waals surface area contributed by atoms with E-state index >= 15 is 0 Å². The fourth-order valence-corrected chi connectivity index (χ4v) is 1.55. The molecule has 1 aromatic carbocycles. The highest BCUT2D eigenvalue weighted by atomic mass is 16.3. The summed E-state index contributed by atoms with van der Waals surface area (Å²) >= 11 is 0. The van der Waals surface area contributed by atoms with Crippen LogP contribution in [0.1, 0.15) is 15.9 Å². The van der Waals surface area contributed by atoms with Crippen LogP contribution in [0.5, 0.6) is 5.75 Å². The fourth-order valence-electron chi connectivity index (χ4n) is 1.55. The van der Waals surface area contributed by atoms with Gasteiger partial charge < -0.3 is 16.2 Å². The number of aromatic hydroxyl groups is 1. The molecule has 0 fully saturated rings. The molecular formula is C15H13N3O2. The Bertz CT molecular complexity index is 670. The van der Waals surface area contributed by atoms with Crippen LogP contribution >= 0.6 is 0 Å². The lowest BCUT2D eigenvalue weighted by Gasteiger charge is -2.05. The molecule has 2 aromatic rings. The zero-order valence-corrected chi connectivity index (χ0v) is 10.6. The number of pyridine rings is 1. The quantitative estimate of drug-likeness (QED) is 0.717. The average molecular weight is 267 g/mol. The van der Waals surface area contributed by atoms with E-state index in [0.29, 0.717) is 12.2 Å². The number of amides is 1. The molecule has 0 radical (unpaired) electrons. The molecule has 0 aliphatic rings. The molecule has 100 valence electrons. The second-order valence-electron chi connectivity index (χ2n) is 3.97. The normalized spacial score (nSPS) is 9.45. The van der Waals surface area contributed by atoms with Crippen LogP contribution in [0.3, 0.4) is 0 Å². The Hall–Kier alpha value is -2.84. The van der Waals surface area contributed by atoms with Crippen LogP contribution in [-0.4, -0.2) is 22.5 Å². The zero-order valence-electron chi connectivity index (χ0n) is 10.6. The molecule has 2 rings (SSSR count). The summed E-state index contributed by atoms with van der Waals surface area (Å²) in [7, 11) is 0. The Morgan fingerprint density at radius 1 is 1.30 bits per heavy atom. The fraction of sp³-hybridized carbons (Fsp3) is 0.0667. The van der Waals surface area contributed by atoms with E-state index in [2.05, 4.69) is 22.1 Å². The van der Waals surface area contributed by atoms with Crippen molar-refractivity contribution in [2.45, 2.75) is 0 Å². The number of carbonyl (C=O) groups excluding carboxylic acids is 1. The first-order valence-electron chi connectivity index (χ1n) is 5.93. The summed E-state index contributed by atoms with van der Waals surface area (Å²) < 4.78 is 0. The topological polar surface area (TPSA) is 88.2 Å². The number of nitrogens with two attached hydrogens (primary N) is 1. The molecule has 0 saturated heterocycles. The van der Waals surface area contributed by atoms with Crippen LogP contribution in [0.4, 0.5) is 5.69 Å². The van der Waals surface area contributed by atoms with Gasteiger partial charge in [-0.1, -0.05) is 11.8 Å². The summed E-state index contributed by atoms with van der Waals surface area (Å²) in [4.78, 5) is 15.7. The zero-order chi connectivity index (χ0) is 14.4. The van der Waals surface area contributed by atoms with Gasteiger partial charge in [-0.15, -0.1) is 0 Å². The van der Waals surface area contributed by atoms with Gasteiger partial charge in [-0.05, 0) is 30.3 Å². The third kappa shape index (κ3) is 3.57. The number of anilines is 1. The average Bonchev–Trinajstić information content (AvgIpc) is 2.46. The second-order valence-corrected chi connectivity index (χ2v) is 3.97. The number of nitrogens with one attached hydrogen (secondary N) is 1. The third-order valence-corrected chi connectivity index (χ3v) is 2.46. The van der Waals surface area contributed by atoms with Crippen molar-refractivity contribution in [2.75, 3.05) is 11.9 Å². The highest BCUT2D eigenvalue weighted by Crippen LogP contribution is 2.13. The summed E-state index contributed by atoms with van der Waals surface area (Å²) in [5.74, 6) is 5.25. The van der Waals surface area contributed by atoms with Crippen molar-refractivity contribution in [1.82, 2.24) is 4.98 Å². The van der Waals surface area contributed by atoms with E-state index < -0.39 is 0 Å². The lowest BCUT2D eigenvalue weighted by atomic mass is 10.2. The standard InChI is InChI=1S/C15H13N3O2/c16-7-1-2-11-3-5-13(6-4-11)18-15(20)12-8-14(19)10-17-9-12/h3-6,8-10,19H,7,16H2,(H,18,20). The maximum atomic E-state index is 11.9. The van der Waals surface area contributed by atoms with Crippen LogP contribution in [0, 0.1) is 11.8 Å². The van der Waals surface area contributed by atoms with Crippen LogP contribution in [0.25, 0.3) is 0 Å². The molecule has 0 saturated carbocycles. The van der Waals surface area contributed by atoms with Gasteiger partial charge in [-0.3, -0.25) is 9.78 Å². The van der Waals surface area contributed by atoms with E-state index in [1.54, 1.807) is 24.3 Å². The van der Waals surface area contributed by atoms with Gasteiger partial charge in [0.1, 0.15) is 5.75 Å². The molecular weight excluding hydrogens is 254 g/mol. The molecule has 0 aliphatic carbocycles. The number of benzene rings is 1. The number of carbonyl (C=O) groups is 1. The third-order valence-electron chi connectivity index (χ3n) is 2.46. The van der Waals surface area contributed by atoms with Gasteiger partial charge >= 0.3 is 0 Å². The van der Waals surface area contributed by atoms with E-state index in [1.165, 1.54) is 18.5 Å². The first kappa shape index (κ1) is 13.6. The van der Waals surface area contributed by atoms with Gasteiger partial charge in [0.2, 0.25) is 0 Å². The van der Waals surface area contributed by atoms with Crippen molar-refractivity contribution in [3.63, 3.8) is 0 Å². The van der Waals surface area contributed by atoms with E-state index in [1.807, 2.05) is 0 Å². The van der Waals surface area contributed by atoms with Crippen LogP contribution in [-0.2, 0) is 0 Å². The molecule has 5 nitrogen and oxygen atoms in total. The van der Waals surface area contributed by atoms with Gasteiger partial charge in [-0.2, -0.15) is 0 Å². The summed E-state index contributed by atoms with van der Waals surface area (Å²) in [6.07, 6.45) is 2.65. The van der Waals surface area contributed by atoms with Gasteiger partial charge in [0.25, 0.3) is 5.91 Å². The SMILES string of the molecule is NCC#Cc1ccc(NC(=O)c2cncc(O)c2)cc1. The Labute approximate surface area is 116 Å². The largest absolute Gasteiger partial charge is 0.506 e.